The summed E-state index contributed by atoms with van der Waals surface area (Å²) in [5.74, 6) is 1.78. The second-order valence-electron chi connectivity index (χ2n) is 5.57. The largest absolute Gasteiger partial charge is 0.441 e. The van der Waals surface area contributed by atoms with E-state index in [1.54, 1.807) is 0 Å². The van der Waals surface area contributed by atoms with E-state index in [0.717, 1.165) is 35.9 Å². The van der Waals surface area contributed by atoms with Crippen molar-refractivity contribution in [3.8, 4) is 0 Å². The summed E-state index contributed by atoms with van der Waals surface area (Å²) in [4.78, 5) is 4.58. The highest BCUT2D eigenvalue weighted by Gasteiger charge is 2.23. The zero-order valence-corrected chi connectivity index (χ0v) is 11.6. The van der Waals surface area contributed by atoms with Crippen molar-refractivity contribution < 1.29 is 4.42 Å². The lowest BCUT2D eigenvalue weighted by Gasteiger charge is -2.29. The van der Waals surface area contributed by atoms with Crippen molar-refractivity contribution in [2.75, 3.05) is 6.54 Å². The maximum atomic E-state index is 5.83. The van der Waals surface area contributed by atoms with Gasteiger partial charge in [-0.3, -0.25) is 0 Å². The Morgan fingerprint density at radius 1 is 1.37 bits per heavy atom. The summed E-state index contributed by atoms with van der Waals surface area (Å²) in [6.07, 6.45) is 6.36. The van der Waals surface area contributed by atoms with Crippen LogP contribution in [0.5, 0.6) is 0 Å². The van der Waals surface area contributed by atoms with Gasteiger partial charge in [-0.2, -0.15) is 0 Å². The predicted molar refractivity (Wildman–Crippen MR) is 77.1 cm³/mol. The molecule has 0 radical (unpaired) electrons. The van der Waals surface area contributed by atoms with Gasteiger partial charge in [0.25, 0.3) is 0 Å². The second-order valence-corrected chi connectivity index (χ2v) is 5.57. The Balaban J connectivity index is 1.68. The van der Waals surface area contributed by atoms with Crippen LogP contribution in [0.2, 0.25) is 0 Å². The first-order valence-electron chi connectivity index (χ1n) is 7.43. The van der Waals surface area contributed by atoms with E-state index in [1.165, 1.54) is 25.7 Å². The molecule has 3 heteroatoms. The summed E-state index contributed by atoms with van der Waals surface area (Å²) >= 11 is 0. The molecule has 1 aromatic carbocycles. The molecule has 19 heavy (non-hydrogen) atoms. The Morgan fingerprint density at radius 3 is 2.89 bits per heavy atom. The molecular weight excluding hydrogens is 236 g/mol. The van der Waals surface area contributed by atoms with Crippen LogP contribution < -0.4 is 5.32 Å². The van der Waals surface area contributed by atoms with Crippen molar-refractivity contribution in [3.05, 3.63) is 30.2 Å². The Hall–Kier alpha value is -1.35. The van der Waals surface area contributed by atoms with Gasteiger partial charge < -0.3 is 9.73 Å². The molecule has 3 rings (SSSR count). The maximum Gasteiger partial charge on any atom is 0.197 e. The highest BCUT2D eigenvalue weighted by Crippen LogP contribution is 2.31. The van der Waals surface area contributed by atoms with E-state index >= 15 is 0 Å². The molecule has 1 fully saturated rings. The number of hydrogen-bond donors (Lipinski definition) is 1. The molecule has 0 saturated heterocycles. The van der Waals surface area contributed by atoms with Crippen LogP contribution in [0.25, 0.3) is 11.1 Å². The molecule has 1 unspecified atom stereocenters. The van der Waals surface area contributed by atoms with Gasteiger partial charge in [0.05, 0.1) is 0 Å². The summed E-state index contributed by atoms with van der Waals surface area (Å²) in [6.45, 7) is 3.18. The lowest BCUT2D eigenvalue weighted by atomic mass is 9.80. The first-order valence-corrected chi connectivity index (χ1v) is 7.43. The Morgan fingerprint density at radius 2 is 2.21 bits per heavy atom. The SMILES string of the molecule is CCNC(Cc1nc2ccccc2o1)CC1CCC1. The number of likely N-dealkylation sites (N-methyl/N-ethyl adjacent to an activating group) is 1. The Kier molecular flexibility index (Phi) is 3.83. The average molecular weight is 258 g/mol. The number of hydrogen-bond acceptors (Lipinski definition) is 3. The summed E-state index contributed by atoms with van der Waals surface area (Å²) in [7, 11) is 0. The molecule has 2 aromatic rings. The van der Waals surface area contributed by atoms with E-state index in [-0.39, 0.29) is 0 Å². The molecule has 1 saturated carbocycles. The molecule has 0 spiro atoms. The van der Waals surface area contributed by atoms with Crippen molar-refractivity contribution in [2.45, 2.75) is 45.1 Å². The molecule has 1 aromatic heterocycles. The van der Waals surface area contributed by atoms with Gasteiger partial charge in [0.1, 0.15) is 5.52 Å². The smallest absolute Gasteiger partial charge is 0.197 e. The second kappa shape index (κ2) is 5.74. The van der Waals surface area contributed by atoms with Gasteiger partial charge in [0.2, 0.25) is 0 Å². The number of para-hydroxylation sites is 2. The van der Waals surface area contributed by atoms with Crippen LogP contribution in [0.15, 0.2) is 28.7 Å². The highest BCUT2D eigenvalue weighted by atomic mass is 16.3. The quantitative estimate of drug-likeness (QED) is 0.861. The van der Waals surface area contributed by atoms with E-state index < -0.39 is 0 Å². The number of benzene rings is 1. The van der Waals surface area contributed by atoms with Crippen molar-refractivity contribution in [3.63, 3.8) is 0 Å². The number of nitrogens with zero attached hydrogens (tertiary/aromatic N) is 1. The monoisotopic (exact) mass is 258 g/mol. The van der Waals surface area contributed by atoms with Gasteiger partial charge in [0.15, 0.2) is 11.5 Å². The van der Waals surface area contributed by atoms with E-state index in [9.17, 15) is 0 Å². The summed E-state index contributed by atoms with van der Waals surface area (Å²) < 4.78 is 5.83. The molecule has 102 valence electrons. The van der Waals surface area contributed by atoms with Crippen molar-refractivity contribution in [1.29, 1.82) is 0 Å². The number of fused-ring (bicyclic) bond motifs is 1. The lowest BCUT2D eigenvalue weighted by molar-refractivity contribution is 0.255. The number of oxazole rings is 1. The van der Waals surface area contributed by atoms with Crippen molar-refractivity contribution in [2.24, 2.45) is 5.92 Å². The maximum absolute atomic E-state index is 5.83. The zero-order valence-electron chi connectivity index (χ0n) is 11.6. The van der Waals surface area contributed by atoms with Crippen LogP contribution in [0.1, 0.15) is 38.5 Å². The van der Waals surface area contributed by atoms with E-state index in [0.29, 0.717) is 6.04 Å². The molecule has 0 bridgehead atoms. The van der Waals surface area contributed by atoms with E-state index in [4.69, 9.17) is 4.42 Å². The van der Waals surface area contributed by atoms with Crippen molar-refractivity contribution in [1.82, 2.24) is 10.3 Å². The van der Waals surface area contributed by atoms with Gasteiger partial charge in [0, 0.05) is 12.5 Å². The Bertz CT molecular complexity index is 497. The molecule has 0 aliphatic heterocycles. The number of rotatable bonds is 6. The van der Waals surface area contributed by atoms with Gasteiger partial charge in [-0.25, -0.2) is 4.98 Å². The fourth-order valence-electron chi connectivity index (χ4n) is 2.88. The van der Waals surface area contributed by atoms with Crippen LogP contribution in [0, 0.1) is 5.92 Å². The van der Waals surface area contributed by atoms with Gasteiger partial charge in [-0.05, 0) is 31.0 Å². The van der Waals surface area contributed by atoms with Crippen LogP contribution in [0.3, 0.4) is 0 Å². The van der Waals surface area contributed by atoms with Crippen LogP contribution >= 0.6 is 0 Å². The Labute approximate surface area is 114 Å². The van der Waals surface area contributed by atoms with Gasteiger partial charge in [-0.15, -0.1) is 0 Å². The molecule has 1 N–H and O–H groups in total. The van der Waals surface area contributed by atoms with Crippen LogP contribution in [-0.4, -0.2) is 17.6 Å². The van der Waals surface area contributed by atoms with Crippen LogP contribution in [0.4, 0.5) is 0 Å². The normalized spacial score (nSPS) is 17.5. The average Bonchev–Trinajstić information content (AvgIpc) is 2.76. The molecular formula is C16H22N2O. The van der Waals surface area contributed by atoms with Crippen molar-refractivity contribution >= 4 is 11.1 Å². The first kappa shape index (κ1) is 12.7. The van der Waals surface area contributed by atoms with E-state index in [2.05, 4.69) is 17.2 Å². The summed E-state index contributed by atoms with van der Waals surface area (Å²) in [5, 5.41) is 3.57. The molecule has 1 heterocycles. The lowest BCUT2D eigenvalue weighted by Crippen LogP contribution is -2.34. The zero-order chi connectivity index (χ0) is 13.1. The van der Waals surface area contributed by atoms with Crippen LogP contribution in [-0.2, 0) is 6.42 Å². The predicted octanol–water partition coefficient (Wildman–Crippen LogP) is 3.54. The third-order valence-corrected chi connectivity index (χ3v) is 4.09. The fourth-order valence-corrected chi connectivity index (χ4v) is 2.88. The fraction of sp³-hybridized carbons (Fsp3) is 0.562. The van der Waals surface area contributed by atoms with Gasteiger partial charge >= 0.3 is 0 Å². The minimum Gasteiger partial charge on any atom is -0.441 e. The summed E-state index contributed by atoms with van der Waals surface area (Å²) in [5.41, 5.74) is 1.87. The molecule has 1 aliphatic rings. The topological polar surface area (TPSA) is 38.1 Å². The van der Waals surface area contributed by atoms with Gasteiger partial charge in [-0.1, -0.05) is 38.3 Å². The minimum absolute atomic E-state index is 0.503. The molecule has 1 aliphatic carbocycles. The third-order valence-electron chi connectivity index (χ3n) is 4.09. The molecule has 0 amide bonds. The molecule has 1 atom stereocenters. The third kappa shape index (κ3) is 2.98. The standard InChI is InChI=1S/C16H22N2O/c1-2-17-13(10-12-6-5-7-12)11-16-18-14-8-3-4-9-15(14)19-16/h3-4,8-9,12-13,17H,2,5-7,10-11H2,1H3. The number of aromatic nitrogens is 1. The minimum atomic E-state index is 0.503. The summed E-state index contributed by atoms with van der Waals surface area (Å²) in [6, 6.07) is 8.50. The van der Waals surface area contributed by atoms with E-state index in [1.807, 2.05) is 24.3 Å². The highest BCUT2D eigenvalue weighted by molar-refractivity contribution is 5.72. The first-order chi connectivity index (χ1) is 9.35. The number of nitrogens with one attached hydrogen (secondary N) is 1. The molecule has 3 nitrogen and oxygen atoms in total.